The van der Waals surface area contributed by atoms with Gasteiger partial charge in [0.2, 0.25) is 0 Å². The van der Waals surface area contributed by atoms with Gasteiger partial charge in [0.25, 0.3) is 5.91 Å². The number of rotatable bonds is 3. The van der Waals surface area contributed by atoms with Gasteiger partial charge in [0.05, 0.1) is 6.54 Å². The lowest BCUT2D eigenvalue weighted by molar-refractivity contribution is 0.0739. The molecule has 2 aromatic rings. The number of likely N-dealkylation sites (tertiary alicyclic amines) is 1. The summed E-state index contributed by atoms with van der Waals surface area (Å²) in [6.45, 7) is 1.24. The Morgan fingerprint density at radius 2 is 2.15 bits per heavy atom. The number of nitrogens with zero attached hydrogens (tertiary/aromatic N) is 2. The highest BCUT2D eigenvalue weighted by Crippen LogP contribution is 2.21. The average Bonchev–Trinajstić information content (AvgIpc) is 3.08. The van der Waals surface area contributed by atoms with E-state index in [4.69, 9.17) is 9.15 Å². The van der Waals surface area contributed by atoms with Gasteiger partial charge in [-0.2, -0.15) is 0 Å². The molecule has 1 fully saturated rings. The van der Waals surface area contributed by atoms with E-state index in [1.807, 2.05) is 12.1 Å². The largest absolute Gasteiger partial charge is 0.488 e. The average molecular weight is 337 g/mol. The number of furan rings is 1. The molecule has 1 amide bonds. The number of ether oxygens (including phenoxy) is 1. The zero-order chi connectivity index (χ0) is 13.9. The predicted octanol–water partition coefficient (Wildman–Crippen LogP) is 2.73. The van der Waals surface area contributed by atoms with Crippen LogP contribution >= 0.6 is 15.9 Å². The van der Waals surface area contributed by atoms with Crippen LogP contribution in [0, 0.1) is 0 Å². The first-order valence-corrected chi connectivity index (χ1v) is 7.13. The van der Waals surface area contributed by atoms with E-state index in [-0.39, 0.29) is 12.0 Å². The molecule has 0 bridgehead atoms. The van der Waals surface area contributed by atoms with E-state index in [0.717, 1.165) is 12.2 Å². The van der Waals surface area contributed by atoms with Gasteiger partial charge in [-0.15, -0.1) is 0 Å². The van der Waals surface area contributed by atoms with Gasteiger partial charge in [0, 0.05) is 25.4 Å². The molecular weight excluding hydrogens is 324 g/mol. The van der Waals surface area contributed by atoms with Crippen molar-refractivity contribution < 1.29 is 13.9 Å². The van der Waals surface area contributed by atoms with E-state index in [2.05, 4.69) is 20.9 Å². The first kappa shape index (κ1) is 13.2. The van der Waals surface area contributed by atoms with Crippen LogP contribution in [0.3, 0.4) is 0 Å². The number of aromatic nitrogens is 1. The summed E-state index contributed by atoms with van der Waals surface area (Å²) in [5.41, 5.74) is 0. The van der Waals surface area contributed by atoms with Crippen LogP contribution < -0.4 is 4.74 Å². The van der Waals surface area contributed by atoms with Gasteiger partial charge in [-0.1, -0.05) is 0 Å². The van der Waals surface area contributed by atoms with Crippen molar-refractivity contribution >= 4 is 21.8 Å². The minimum atomic E-state index is -0.100. The second kappa shape index (κ2) is 5.66. The number of amides is 1. The van der Waals surface area contributed by atoms with Crippen LogP contribution in [0.4, 0.5) is 0 Å². The Balaban J connectivity index is 1.61. The number of halogens is 1. The van der Waals surface area contributed by atoms with Crippen LogP contribution in [0.1, 0.15) is 17.0 Å². The van der Waals surface area contributed by atoms with Crippen LogP contribution in [-0.2, 0) is 0 Å². The molecule has 1 saturated heterocycles. The number of carbonyl (C=O) groups excluding carboxylic acids is 1. The van der Waals surface area contributed by atoms with Crippen molar-refractivity contribution in [3.8, 4) is 5.75 Å². The molecule has 3 rings (SSSR count). The molecule has 0 saturated carbocycles. The zero-order valence-electron chi connectivity index (χ0n) is 10.7. The van der Waals surface area contributed by atoms with Crippen molar-refractivity contribution in [3.05, 3.63) is 47.1 Å². The van der Waals surface area contributed by atoms with Gasteiger partial charge >= 0.3 is 0 Å². The standard InChI is InChI=1S/C14H13BrN2O3/c15-13-2-1-12(20-13)14(18)17-8-5-11(9-17)19-10-3-6-16-7-4-10/h1-4,6-7,11H,5,8-9H2/t11-/m1/s1. The number of pyridine rings is 1. The van der Waals surface area contributed by atoms with E-state index in [0.29, 0.717) is 23.5 Å². The molecular formula is C14H13BrN2O3. The molecule has 0 aromatic carbocycles. The second-order valence-corrected chi connectivity index (χ2v) is 5.35. The molecule has 6 heteroatoms. The van der Waals surface area contributed by atoms with Gasteiger partial charge in [-0.25, -0.2) is 0 Å². The summed E-state index contributed by atoms with van der Waals surface area (Å²) in [4.78, 5) is 17.9. The quantitative estimate of drug-likeness (QED) is 0.864. The maximum Gasteiger partial charge on any atom is 0.289 e. The SMILES string of the molecule is O=C(c1ccc(Br)o1)N1CC[C@@H](Oc2ccncc2)C1. The topological polar surface area (TPSA) is 55.6 Å². The van der Waals surface area contributed by atoms with E-state index in [9.17, 15) is 4.79 Å². The lowest BCUT2D eigenvalue weighted by Crippen LogP contribution is -2.30. The Labute approximate surface area is 124 Å². The zero-order valence-corrected chi connectivity index (χ0v) is 12.2. The summed E-state index contributed by atoms with van der Waals surface area (Å²) in [7, 11) is 0. The molecule has 0 N–H and O–H groups in total. The van der Waals surface area contributed by atoms with Crippen molar-refractivity contribution in [2.45, 2.75) is 12.5 Å². The first-order chi connectivity index (χ1) is 9.72. The second-order valence-electron chi connectivity index (χ2n) is 4.57. The van der Waals surface area contributed by atoms with Crippen LogP contribution in [0.2, 0.25) is 0 Å². The lowest BCUT2D eigenvalue weighted by atomic mass is 10.3. The highest BCUT2D eigenvalue weighted by molar-refractivity contribution is 9.10. The van der Waals surface area contributed by atoms with E-state index in [1.54, 1.807) is 29.4 Å². The number of carbonyl (C=O) groups is 1. The summed E-state index contributed by atoms with van der Waals surface area (Å²) in [6.07, 6.45) is 4.21. The lowest BCUT2D eigenvalue weighted by Gasteiger charge is -2.16. The summed E-state index contributed by atoms with van der Waals surface area (Å²) in [6, 6.07) is 7.01. The molecule has 1 atom stereocenters. The van der Waals surface area contributed by atoms with E-state index in [1.165, 1.54) is 0 Å². The Hall–Kier alpha value is -1.82. The molecule has 0 unspecified atom stereocenters. The third-order valence-electron chi connectivity index (χ3n) is 3.17. The monoisotopic (exact) mass is 336 g/mol. The third-order valence-corrected chi connectivity index (χ3v) is 3.59. The van der Waals surface area contributed by atoms with Crippen LogP contribution in [0.5, 0.6) is 5.75 Å². The molecule has 0 aliphatic carbocycles. The van der Waals surface area contributed by atoms with Gasteiger partial charge in [0.15, 0.2) is 10.4 Å². The fraction of sp³-hybridized carbons (Fsp3) is 0.286. The van der Waals surface area contributed by atoms with Crippen LogP contribution in [0.25, 0.3) is 0 Å². The first-order valence-electron chi connectivity index (χ1n) is 6.33. The fourth-order valence-electron chi connectivity index (χ4n) is 2.20. The molecule has 1 aliphatic heterocycles. The van der Waals surface area contributed by atoms with E-state index < -0.39 is 0 Å². The highest BCUT2D eigenvalue weighted by Gasteiger charge is 2.29. The Bertz CT molecular complexity index is 599. The third kappa shape index (κ3) is 2.85. The van der Waals surface area contributed by atoms with Crippen LogP contribution in [-0.4, -0.2) is 35.0 Å². The van der Waals surface area contributed by atoms with Crippen molar-refractivity contribution in [1.82, 2.24) is 9.88 Å². The minimum absolute atomic E-state index is 0.0137. The molecule has 0 spiro atoms. The molecule has 5 nitrogen and oxygen atoms in total. The van der Waals surface area contributed by atoms with Gasteiger partial charge in [0.1, 0.15) is 11.9 Å². The van der Waals surface area contributed by atoms with E-state index >= 15 is 0 Å². The Morgan fingerprint density at radius 1 is 1.35 bits per heavy atom. The Kier molecular flexibility index (Phi) is 3.73. The smallest absolute Gasteiger partial charge is 0.289 e. The number of hydrogen-bond acceptors (Lipinski definition) is 4. The van der Waals surface area contributed by atoms with Crippen LogP contribution in [0.15, 0.2) is 45.7 Å². The summed E-state index contributed by atoms with van der Waals surface area (Å²) in [5.74, 6) is 1.03. The molecule has 0 radical (unpaired) electrons. The fourth-order valence-corrected chi connectivity index (χ4v) is 2.51. The molecule has 1 aliphatic rings. The van der Waals surface area contributed by atoms with Gasteiger partial charge in [-0.3, -0.25) is 9.78 Å². The van der Waals surface area contributed by atoms with Crippen molar-refractivity contribution in [2.24, 2.45) is 0 Å². The maximum absolute atomic E-state index is 12.2. The molecule has 104 valence electrons. The summed E-state index contributed by atoms with van der Waals surface area (Å²) in [5, 5.41) is 0. The summed E-state index contributed by atoms with van der Waals surface area (Å²) < 4.78 is 11.7. The highest BCUT2D eigenvalue weighted by atomic mass is 79.9. The van der Waals surface area contributed by atoms with Gasteiger partial charge in [-0.05, 0) is 40.2 Å². The molecule has 20 heavy (non-hydrogen) atoms. The van der Waals surface area contributed by atoms with Crippen molar-refractivity contribution in [2.75, 3.05) is 13.1 Å². The summed E-state index contributed by atoms with van der Waals surface area (Å²) >= 11 is 3.20. The predicted molar refractivity (Wildman–Crippen MR) is 75.6 cm³/mol. The van der Waals surface area contributed by atoms with Crippen molar-refractivity contribution in [3.63, 3.8) is 0 Å². The maximum atomic E-state index is 12.2. The molecule has 2 aromatic heterocycles. The van der Waals surface area contributed by atoms with Gasteiger partial charge < -0.3 is 14.1 Å². The Morgan fingerprint density at radius 3 is 2.85 bits per heavy atom. The molecule has 3 heterocycles. The normalized spacial score (nSPS) is 18.2. The van der Waals surface area contributed by atoms with Crippen molar-refractivity contribution in [1.29, 1.82) is 0 Å². The number of hydrogen-bond donors (Lipinski definition) is 0. The minimum Gasteiger partial charge on any atom is -0.488 e.